The van der Waals surface area contributed by atoms with Crippen LogP contribution in [-0.4, -0.2) is 97.0 Å². The van der Waals surface area contributed by atoms with Crippen LogP contribution in [0.5, 0.6) is 0 Å². The summed E-state index contributed by atoms with van der Waals surface area (Å²) in [6.07, 6.45) is 0. The van der Waals surface area contributed by atoms with Gasteiger partial charge in [0.25, 0.3) is 5.69 Å². The van der Waals surface area contributed by atoms with E-state index >= 15 is 0 Å². The van der Waals surface area contributed by atoms with Gasteiger partial charge >= 0.3 is 0 Å². The predicted molar refractivity (Wildman–Crippen MR) is 107 cm³/mol. The number of piperazine rings is 1. The van der Waals surface area contributed by atoms with Crippen molar-refractivity contribution < 1.29 is 19.2 Å². The molecule has 0 aliphatic carbocycles. The van der Waals surface area contributed by atoms with Crippen molar-refractivity contribution in [1.82, 2.24) is 14.7 Å². The molecule has 2 amide bonds. The van der Waals surface area contributed by atoms with Crippen molar-refractivity contribution >= 4 is 34.8 Å². The molecule has 10 nitrogen and oxygen atoms in total. The highest BCUT2D eigenvalue weighted by atomic mass is 35.5. The zero-order chi connectivity index (χ0) is 20.8. The molecule has 1 aromatic rings. The molecule has 0 unspecified atom stereocenters. The second kappa shape index (κ2) is 9.97. The van der Waals surface area contributed by atoms with Gasteiger partial charge in [0.2, 0.25) is 11.8 Å². The zero-order valence-corrected chi connectivity index (χ0v) is 16.8. The molecule has 158 valence electrons. The van der Waals surface area contributed by atoms with Crippen LogP contribution in [-0.2, 0) is 14.3 Å². The summed E-state index contributed by atoms with van der Waals surface area (Å²) in [6, 6.07) is 4.14. The normalized spacial score (nSPS) is 18.4. The Hall–Kier alpha value is -2.27. The first-order chi connectivity index (χ1) is 13.9. The maximum atomic E-state index is 12.4. The van der Waals surface area contributed by atoms with Gasteiger partial charge in [-0.2, -0.15) is 0 Å². The zero-order valence-electron chi connectivity index (χ0n) is 16.0. The fourth-order valence-corrected chi connectivity index (χ4v) is 3.53. The number of ether oxygens (including phenoxy) is 1. The fourth-order valence-electron chi connectivity index (χ4n) is 3.34. The highest BCUT2D eigenvalue weighted by molar-refractivity contribution is 6.32. The second-order valence-electron chi connectivity index (χ2n) is 7.02. The summed E-state index contributed by atoms with van der Waals surface area (Å²) in [6.45, 7) is 5.77. The van der Waals surface area contributed by atoms with Crippen LogP contribution < -0.4 is 5.32 Å². The highest BCUT2D eigenvalue weighted by Gasteiger charge is 2.24. The topological polar surface area (TPSA) is 108 Å². The van der Waals surface area contributed by atoms with Gasteiger partial charge in [0.15, 0.2) is 0 Å². The molecule has 0 spiro atoms. The second-order valence-corrected chi connectivity index (χ2v) is 7.42. The smallest absolute Gasteiger partial charge is 0.289 e. The largest absolute Gasteiger partial charge is 0.379 e. The van der Waals surface area contributed by atoms with Crippen molar-refractivity contribution in [2.45, 2.75) is 0 Å². The van der Waals surface area contributed by atoms with Gasteiger partial charge in [0.05, 0.1) is 31.2 Å². The molecule has 2 saturated heterocycles. The number of anilines is 1. The van der Waals surface area contributed by atoms with Crippen LogP contribution in [0.1, 0.15) is 0 Å². The standard InChI is InChI=1S/C18H24ClN5O5/c19-15-2-1-14(11-16(15)24(27)28)20-17(25)12-21-3-5-23(6-4-21)18(26)13-22-7-9-29-10-8-22/h1-2,11H,3-10,12-13H2,(H,20,25). The monoisotopic (exact) mass is 425 g/mol. The van der Waals surface area contributed by atoms with E-state index in [-0.39, 0.29) is 29.1 Å². The van der Waals surface area contributed by atoms with Crippen molar-refractivity contribution in [3.05, 3.63) is 33.3 Å². The van der Waals surface area contributed by atoms with Crippen LogP contribution in [0.3, 0.4) is 0 Å². The van der Waals surface area contributed by atoms with Crippen molar-refractivity contribution in [3.8, 4) is 0 Å². The Morgan fingerprint density at radius 2 is 1.72 bits per heavy atom. The molecule has 1 aromatic carbocycles. The minimum Gasteiger partial charge on any atom is -0.379 e. The summed E-state index contributed by atoms with van der Waals surface area (Å²) in [5.41, 5.74) is 0.0716. The number of nitro benzene ring substituents is 1. The maximum absolute atomic E-state index is 12.4. The fraction of sp³-hybridized carbons (Fsp3) is 0.556. The van der Waals surface area contributed by atoms with Gasteiger partial charge < -0.3 is 15.0 Å². The average Bonchev–Trinajstić information content (AvgIpc) is 2.70. The average molecular weight is 426 g/mol. The van der Waals surface area contributed by atoms with E-state index in [1.807, 2.05) is 9.80 Å². The molecule has 0 radical (unpaired) electrons. The van der Waals surface area contributed by atoms with E-state index in [4.69, 9.17) is 16.3 Å². The van der Waals surface area contributed by atoms with Crippen LogP contribution in [0.2, 0.25) is 5.02 Å². The molecule has 0 atom stereocenters. The van der Waals surface area contributed by atoms with Crippen LogP contribution in [0, 0.1) is 10.1 Å². The van der Waals surface area contributed by atoms with E-state index in [2.05, 4.69) is 10.2 Å². The third-order valence-corrected chi connectivity index (χ3v) is 5.30. The Balaban J connectivity index is 1.43. The molecule has 0 bridgehead atoms. The van der Waals surface area contributed by atoms with Gasteiger partial charge in [-0.25, -0.2) is 0 Å². The molecule has 0 saturated carbocycles. The van der Waals surface area contributed by atoms with Gasteiger partial charge in [0, 0.05) is 51.0 Å². The Morgan fingerprint density at radius 1 is 1.07 bits per heavy atom. The first-order valence-corrected chi connectivity index (χ1v) is 9.84. The molecule has 2 aliphatic heterocycles. The Morgan fingerprint density at radius 3 is 2.38 bits per heavy atom. The minimum atomic E-state index is -0.592. The third-order valence-electron chi connectivity index (χ3n) is 4.98. The van der Waals surface area contributed by atoms with E-state index in [1.54, 1.807) is 0 Å². The van der Waals surface area contributed by atoms with E-state index in [0.717, 1.165) is 13.1 Å². The molecular weight excluding hydrogens is 402 g/mol. The molecular formula is C18H24ClN5O5. The Labute approximate surface area is 173 Å². The lowest BCUT2D eigenvalue weighted by Crippen LogP contribution is -2.53. The van der Waals surface area contributed by atoms with E-state index < -0.39 is 4.92 Å². The number of amides is 2. The molecule has 0 aromatic heterocycles. The Bertz CT molecular complexity index is 763. The van der Waals surface area contributed by atoms with Gasteiger partial charge in [-0.3, -0.25) is 29.5 Å². The molecule has 3 rings (SSSR count). The molecule has 2 aliphatic rings. The van der Waals surface area contributed by atoms with Crippen molar-refractivity contribution in [1.29, 1.82) is 0 Å². The number of carbonyl (C=O) groups is 2. The quantitative estimate of drug-likeness (QED) is 0.527. The number of carbonyl (C=O) groups excluding carboxylic acids is 2. The number of benzene rings is 1. The van der Waals surface area contributed by atoms with Gasteiger partial charge in [-0.15, -0.1) is 0 Å². The summed E-state index contributed by atoms with van der Waals surface area (Å²) in [4.78, 5) is 40.9. The maximum Gasteiger partial charge on any atom is 0.289 e. The first kappa shape index (κ1) is 21.4. The molecule has 2 fully saturated rings. The number of nitro groups is 1. The van der Waals surface area contributed by atoms with E-state index in [9.17, 15) is 19.7 Å². The minimum absolute atomic E-state index is 0.0193. The van der Waals surface area contributed by atoms with Gasteiger partial charge in [-0.05, 0) is 12.1 Å². The SMILES string of the molecule is O=C(CN1CCN(C(=O)CN2CCOCC2)CC1)Nc1ccc(Cl)c([N+](=O)[O-])c1. The lowest BCUT2D eigenvalue weighted by Gasteiger charge is -2.36. The van der Waals surface area contributed by atoms with Crippen molar-refractivity contribution in [2.75, 3.05) is 70.9 Å². The third kappa shape index (κ3) is 6.10. The van der Waals surface area contributed by atoms with E-state index in [1.165, 1.54) is 18.2 Å². The van der Waals surface area contributed by atoms with Crippen molar-refractivity contribution in [3.63, 3.8) is 0 Å². The number of rotatable bonds is 6. The number of hydrogen-bond donors (Lipinski definition) is 1. The van der Waals surface area contributed by atoms with Crippen molar-refractivity contribution in [2.24, 2.45) is 0 Å². The molecule has 1 N–H and O–H groups in total. The highest BCUT2D eigenvalue weighted by Crippen LogP contribution is 2.27. The summed E-state index contributed by atoms with van der Waals surface area (Å²) in [7, 11) is 0. The number of hydrogen-bond acceptors (Lipinski definition) is 7. The summed E-state index contributed by atoms with van der Waals surface area (Å²) < 4.78 is 5.29. The van der Waals surface area contributed by atoms with Crippen LogP contribution in [0.15, 0.2) is 18.2 Å². The predicted octanol–water partition coefficient (Wildman–Crippen LogP) is 0.663. The number of nitrogens with one attached hydrogen (secondary N) is 1. The lowest BCUT2D eigenvalue weighted by molar-refractivity contribution is -0.384. The van der Waals surface area contributed by atoms with Crippen LogP contribution in [0.25, 0.3) is 0 Å². The van der Waals surface area contributed by atoms with Gasteiger partial charge in [0.1, 0.15) is 5.02 Å². The molecule has 2 heterocycles. The Kier molecular flexibility index (Phi) is 7.37. The summed E-state index contributed by atoms with van der Waals surface area (Å²) >= 11 is 5.78. The molecule has 11 heteroatoms. The summed E-state index contributed by atoms with van der Waals surface area (Å²) in [5.74, 6) is -0.167. The number of halogens is 1. The van der Waals surface area contributed by atoms with Gasteiger partial charge in [-0.1, -0.05) is 11.6 Å². The lowest BCUT2D eigenvalue weighted by atomic mass is 10.2. The van der Waals surface area contributed by atoms with Crippen LogP contribution >= 0.6 is 11.6 Å². The summed E-state index contributed by atoms with van der Waals surface area (Å²) in [5, 5.41) is 13.6. The van der Waals surface area contributed by atoms with Crippen LogP contribution in [0.4, 0.5) is 11.4 Å². The molecule has 29 heavy (non-hydrogen) atoms. The first-order valence-electron chi connectivity index (χ1n) is 9.46. The number of morpholine rings is 1. The van der Waals surface area contributed by atoms with E-state index in [0.29, 0.717) is 51.6 Å². The number of nitrogens with zero attached hydrogens (tertiary/aromatic N) is 4.